The Morgan fingerprint density at radius 1 is 1.11 bits per heavy atom. The first kappa shape index (κ1) is 12.0. The van der Waals surface area contributed by atoms with Crippen LogP contribution >= 0.6 is 0 Å². The Kier molecular flexibility index (Phi) is 2.60. The molecule has 2 saturated carbocycles. The lowest BCUT2D eigenvalue weighted by atomic mass is 9.63. The molecule has 4 rings (SSSR count). The van der Waals surface area contributed by atoms with Crippen molar-refractivity contribution >= 4 is 6.09 Å². The van der Waals surface area contributed by atoms with E-state index in [0.717, 1.165) is 39.0 Å². The van der Waals surface area contributed by atoms with E-state index in [9.17, 15) is 4.79 Å². The standard InChI is InChI=1S/C15H23NO3/c17-13(19-12-2-11-18-15(12)5-6-15)16-9-7-14(8-10-16)3-1-4-14/h12H,1-11H2. The van der Waals surface area contributed by atoms with E-state index < -0.39 is 0 Å². The molecule has 4 nitrogen and oxygen atoms in total. The fraction of sp³-hybridized carbons (Fsp3) is 0.933. The van der Waals surface area contributed by atoms with Gasteiger partial charge in [-0.15, -0.1) is 0 Å². The van der Waals surface area contributed by atoms with Crippen LogP contribution in [0.5, 0.6) is 0 Å². The minimum atomic E-state index is -0.101. The van der Waals surface area contributed by atoms with Gasteiger partial charge in [0.1, 0.15) is 11.7 Å². The van der Waals surface area contributed by atoms with E-state index in [0.29, 0.717) is 5.41 Å². The van der Waals surface area contributed by atoms with Crippen LogP contribution in [0.3, 0.4) is 0 Å². The number of hydrogen-bond acceptors (Lipinski definition) is 3. The molecule has 0 aromatic heterocycles. The topological polar surface area (TPSA) is 38.8 Å². The van der Waals surface area contributed by atoms with Gasteiger partial charge in [-0.3, -0.25) is 0 Å². The van der Waals surface area contributed by atoms with Crippen molar-refractivity contribution in [1.29, 1.82) is 0 Å². The number of amides is 1. The molecule has 1 unspecified atom stereocenters. The van der Waals surface area contributed by atoms with Crippen LogP contribution in [0.25, 0.3) is 0 Å². The second-order valence-corrected chi connectivity index (χ2v) is 6.91. The highest BCUT2D eigenvalue weighted by atomic mass is 16.6. The summed E-state index contributed by atoms with van der Waals surface area (Å²) in [6, 6.07) is 0. The molecule has 19 heavy (non-hydrogen) atoms. The van der Waals surface area contributed by atoms with Gasteiger partial charge in [0.25, 0.3) is 0 Å². The molecule has 0 aromatic carbocycles. The Bertz CT molecular complexity index is 377. The minimum Gasteiger partial charge on any atom is -0.443 e. The van der Waals surface area contributed by atoms with Crippen molar-refractivity contribution < 1.29 is 14.3 Å². The van der Waals surface area contributed by atoms with Crippen molar-refractivity contribution in [3.8, 4) is 0 Å². The quantitative estimate of drug-likeness (QED) is 0.731. The van der Waals surface area contributed by atoms with Crippen LogP contribution in [0, 0.1) is 5.41 Å². The SMILES string of the molecule is O=C(OC1CCOC12CC2)N1CCC2(CCC2)CC1. The van der Waals surface area contributed by atoms with Gasteiger partial charge in [-0.25, -0.2) is 4.79 Å². The van der Waals surface area contributed by atoms with Crippen molar-refractivity contribution in [3.63, 3.8) is 0 Å². The molecule has 2 aliphatic carbocycles. The summed E-state index contributed by atoms with van der Waals surface area (Å²) in [6.45, 7) is 2.53. The van der Waals surface area contributed by atoms with Gasteiger partial charge in [0.05, 0.1) is 6.61 Å². The number of carbonyl (C=O) groups excluding carboxylic acids is 1. The smallest absolute Gasteiger partial charge is 0.410 e. The molecule has 106 valence electrons. The monoisotopic (exact) mass is 265 g/mol. The molecule has 0 N–H and O–H groups in total. The Morgan fingerprint density at radius 3 is 2.42 bits per heavy atom. The molecule has 1 amide bonds. The summed E-state index contributed by atoms with van der Waals surface area (Å²) in [5, 5.41) is 0. The molecule has 2 aliphatic heterocycles. The average Bonchev–Trinajstić information content (AvgIpc) is 3.06. The van der Waals surface area contributed by atoms with Gasteiger partial charge >= 0.3 is 6.09 Å². The van der Waals surface area contributed by atoms with E-state index >= 15 is 0 Å². The Morgan fingerprint density at radius 2 is 1.84 bits per heavy atom. The lowest BCUT2D eigenvalue weighted by Crippen LogP contribution is -2.47. The van der Waals surface area contributed by atoms with Gasteiger partial charge in [-0.05, 0) is 43.9 Å². The molecular weight excluding hydrogens is 242 g/mol. The number of nitrogens with zero attached hydrogens (tertiary/aromatic N) is 1. The highest BCUT2D eigenvalue weighted by molar-refractivity contribution is 5.68. The predicted molar refractivity (Wildman–Crippen MR) is 69.9 cm³/mol. The van der Waals surface area contributed by atoms with Crippen molar-refractivity contribution in [3.05, 3.63) is 0 Å². The predicted octanol–water partition coefficient (Wildman–Crippen LogP) is 2.71. The highest BCUT2D eigenvalue weighted by Crippen LogP contribution is 2.50. The first-order valence-corrected chi connectivity index (χ1v) is 7.81. The maximum atomic E-state index is 12.2. The Hall–Kier alpha value is -0.770. The summed E-state index contributed by atoms with van der Waals surface area (Å²) in [5.41, 5.74) is 0.506. The lowest BCUT2D eigenvalue weighted by molar-refractivity contribution is -0.0182. The zero-order valence-corrected chi connectivity index (χ0v) is 11.5. The van der Waals surface area contributed by atoms with Crippen LogP contribution in [-0.2, 0) is 9.47 Å². The lowest BCUT2D eigenvalue weighted by Gasteiger charge is -2.47. The third-order valence-electron chi connectivity index (χ3n) is 5.84. The average molecular weight is 265 g/mol. The van der Waals surface area contributed by atoms with E-state index in [4.69, 9.17) is 9.47 Å². The van der Waals surface area contributed by atoms with Crippen LogP contribution in [0.2, 0.25) is 0 Å². The summed E-state index contributed by atoms with van der Waals surface area (Å²) in [5.74, 6) is 0. The van der Waals surface area contributed by atoms with Crippen LogP contribution in [-0.4, -0.2) is 42.4 Å². The van der Waals surface area contributed by atoms with E-state index in [2.05, 4.69) is 0 Å². The number of carbonyl (C=O) groups is 1. The fourth-order valence-electron chi connectivity index (χ4n) is 4.02. The van der Waals surface area contributed by atoms with Gasteiger partial charge in [0.15, 0.2) is 0 Å². The van der Waals surface area contributed by atoms with Gasteiger partial charge in [-0.2, -0.15) is 0 Å². The van der Waals surface area contributed by atoms with E-state index in [1.54, 1.807) is 0 Å². The largest absolute Gasteiger partial charge is 0.443 e. The van der Waals surface area contributed by atoms with Gasteiger partial charge in [0, 0.05) is 19.5 Å². The van der Waals surface area contributed by atoms with Crippen molar-refractivity contribution in [1.82, 2.24) is 4.90 Å². The van der Waals surface area contributed by atoms with Crippen LogP contribution in [0.15, 0.2) is 0 Å². The van der Waals surface area contributed by atoms with Gasteiger partial charge < -0.3 is 14.4 Å². The van der Waals surface area contributed by atoms with Crippen LogP contribution in [0.1, 0.15) is 51.4 Å². The number of piperidine rings is 1. The maximum Gasteiger partial charge on any atom is 0.410 e. The second-order valence-electron chi connectivity index (χ2n) is 6.91. The van der Waals surface area contributed by atoms with E-state index in [1.807, 2.05) is 4.90 Å². The molecule has 4 aliphatic rings. The molecule has 2 spiro atoms. The molecule has 4 heteroatoms. The molecule has 2 saturated heterocycles. The third kappa shape index (κ3) is 1.95. The fourth-order valence-corrected chi connectivity index (χ4v) is 4.02. The molecule has 1 atom stereocenters. The Balaban J connectivity index is 1.32. The van der Waals surface area contributed by atoms with Gasteiger partial charge in [-0.1, -0.05) is 6.42 Å². The minimum absolute atomic E-state index is 0.0135. The van der Waals surface area contributed by atoms with Crippen LogP contribution in [0.4, 0.5) is 4.79 Å². The molecule has 0 aromatic rings. The first-order valence-electron chi connectivity index (χ1n) is 7.81. The number of likely N-dealkylation sites (tertiary alicyclic amines) is 1. The zero-order chi connectivity index (χ0) is 12.9. The Labute approximate surface area is 114 Å². The van der Waals surface area contributed by atoms with Crippen molar-refractivity contribution in [2.45, 2.75) is 63.1 Å². The van der Waals surface area contributed by atoms with Gasteiger partial charge in [0.2, 0.25) is 0 Å². The molecule has 0 bridgehead atoms. The summed E-state index contributed by atoms with van der Waals surface area (Å²) < 4.78 is 11.4. The highest BCUT2D eigenvalue weighted by Gasteiger charge is 2.56. The molecule has 0 radical (unpaired) electrons. The number of ether oxygens (including phenoxy) is 2. The second kappa shape index (κ2) is 4.11. The zero-order valence-electron chi connectivity index (χ0n) is 11.5. The van der Waals surface area contributed by atoms with E-state index in [-0.39, 0.29) is 17.8 Å². The normalized spacial score (nSPS) is 34.3. The summed E-state index contributed by atoms with van der Waals surface area (Å²) in [7, 11) is 0. The third-order valence-corrected chi connectivity index (χ3v) is 5.84. The first-order chi connectivity index (χ1) is 9.22. The molecule has 2 heterocycles. The summed E-state index contributed by atoms with van der Waals surface area (Å²) >= 11 is 0. The van der Waals surface area contributed by atoms with Crippen LogP contribution < -0.4 is 0 Å². The van der Waals surface area contributed by atoms with E-state index in [1.165, 1.54) is 32.1 Å². The summed E-state index contributed by atoms with van der Waals surface area (Å²) in [4.78, 5) is 14.1. The van der Waals surface area contributed by atoms with Crippen molar-refractivity contribution in [2.24, 2.45) is 5.41 Å². The maximum absolute atomic E-state index is 12.2. The molecular formula is C15H23NO3. The number of hydrogen-bond donors (Lipinski definition) is 0. The molecule has 4 fully saturated rings. The van der Waals surface area contributed by atoms with Crippen molar-refractivity contribution in [2.75, 3.05) is 19.7 Å². The summed E-state index contributed by atoms with van der Waals surface area (Å²) in [6.07, 6.45) is 9.39. The number of rotatable bonds is 1.